The summed E-state index contributed by atoms with van der Waals surface area (Å²) >= 11 is 0. The van der Waals surface area contributed by atoms with E-state index in [0.717, 1.165) is 0 Å². The van der Waals surface area contributed by atoms with Gasteiger partial charge in [0.15, 0.2) is 0 Å². The maximum atomic E-state index is 10.7. The minimum absolute atomic E-state index is 0.588. The van der Waals surface area contributed by atoms with Gasteiger partial charge in [0, 0.05) is 0 Å². The van der Waals surface area contributed by atoms with Crippen LogP contribution in [-0.2, 0) is 10.2 Å². The highest BCUT2D eigenvalue weighted by atomic mass is 16.4. The van der Waals surface area contributed by atoms with Crippen LogP contribution >= 0.6 is 0 Å². The molecule has 0 aliphatic heterocycles. The van der Waals surface area contributed by atoms with Crippen LogP contribution in [0.2, 0.25) is 0 Å². The van der Waals surface area contributed by atoms with Crippen LogP contribution in [-0.4, -0.2) is 11.1 Å². The number of hydrogen-bond acceptors (Lipinski definition) is 2. The van der Waals surface area contributed by atoms with Crippen molar-refractivity contribution < 1.29 is 14.3 Å². The van der Waals surface area contributed by atoms with Gasteiger partial charge in [-0.15, -0.1) is 0 Å². The van der Waals surface area contributed by atoms with Crippen molar-refractivity contribution >= 4 is 5.97 Å². The van der Waals surface area contributed by atoms with E-state index in [-0.39, 0.29) is 0 Å². The van der Waals surface area contributed by atoms with E-state index in [2.05, 4.69) is 0 Å². The molecule has 0 bridgehead atoms. The van der Waals surface area contributed by atoms with Gasteiger partial charge in [-0.2, -0.15) is 0 Å². The Morgan fingerprint density at radius 1 is 1.64 bits per heavy atom. The van der Waals surface area contributed by atoms with E-state index < -0.39 is 11.4 Å². The van der Waals surface area contributed by atoms with E-state index >= 15 is 0 Å². The van der Waals surface area contributed by atoms with Crippen LogP contribution in [0.3, 0.4) is 0 Å². The summed E-state index contributed by atoms with van der Waals surface area (Å²) in [4.78, 5) is 10.7. The fourth-order valence-corrected chi connectivity index (χ4v) is 1.24. The molecule has 1 heterocycles. The minimum atomic E-state index is -0.771. The first-order valence-corrected chi connectivity index (χ1v) is 3.53. The fraction of sp³-hybridized carbons (Fsp3) is 0.375. The number of furan rings is 1. The summed E-state index contributed by atoms with van der Waals surface area (Å²) in [5.41, 5.74) is -0.677. The number of carboxylic acid groups (broad SMARTS) is 1. The van der Waals surface area contributed by atoms with Crippen LogP contribution < -0.4 is 0 Å². The summed E-state index contributed by atoms with van der Waals surface area (Å²) in [5.74, 6) is -0.183. The molecule has 0 unspecified atom stereocenters. The molecule has 0 amide bonds. The lowest BCUT2D eigenvalue weighted by Gasteiger charge is -2.03. The van der Waals surface area contributed by atoms with Crippen molar-refractivity contribution in [1.82, 2.24) is 0 Å². The van der Waals surface area contributed by atoms with Gasteiger partial charge in [0.25, 0.3) is 0 Å². The molecule has 1 aromatic heterocycles. The van der Waals surface area contributed by atoms with E-state index in [9.17, 15) is 4.79 Å². The molecule has 0 radical (unpaired) electrons. The molecule has 0 spiro atoms. The van der Waals surface area contributed by atoms with E-state index in [4.69, 9.17) is 9.52 Å². The third-order valence-electron chi connectivity index (χ3n) is 2.15. The second kappa shape index (κ2) is 1.87. The van der Waals surface area contributed by atoms with Crippen molar-refractivity contribution in [2.45, 2.75) is 18.3 Å². The summed E-state index contributed by atoms with van der Waals surface area (Å²) in [5, 5.41) is 8.82. The van der Waals surface area contributed by atoms with Crippen molar-refractivity contribution in [2.75, 3.05) is 0 Å². The average molecular weight is 152 g/mol. The van der Waals surface area contributed by atoms with Crippen LogP contribution in [0.25, 0.3) is 0 Å². The third kappa shape index (κ3) is 0.770. The fourth-order valence-electron chi connectivity index (χ4n) is 1.24. The summed E-state index contributed by atoms with van der Waals surface area (Å²) in [6.45, 7) is 0. The first-order chi connectivity index (χ1) is 5.26. The summed E-state index contributed by atoms with van der Waals surface area (Å²) in [6, 6.07) is 3.44. The van der Waals surface area contributed by atoms with Crippen LogP contribution in [0.4, 0.5) is 0 Å². The van der Waals surface area contributed by atoms with Gasteiger partial charge in [-0.25, -0.2) is 0 Å². The highest BCUT2D eigenvalue weighted by molar-refractivity contribution is 5.83. The lowest BCUT2D eigenvalue weighted by Crippen LogP contribution is -2.18. The zero-order valence-electron chi connectivity index (χ0n) is 5.91. The zero-order chi connectivity index (χ0) is 7.90. The van der Waals surface area contributed by atoms with Gasteiger partial charge >= 0.3 is 5.97 Å². The van der Waals surface area contributed by atoms with Crippen molar-refractivity contribution in [3.05, 3.63) is 24.2 Å². The molecule has 3 nitrogen and oxygen atoms in total. The molecular formula is C8H8O3. The van der Waals surface area contributed by atoms with Gasteiger partial charge < -0.3 is 9.52 Å². The van der Waals surface area contributed by atoms with Gasteiger partial charge in [-0.3, -0.25) is 4.79 Å². The summed E-state index contributed by atoms with van der Waals surface area (Å²) in [7, 11) is 0. The molecule has 11 heavy (non-hydrogen) atoms. The van der Waals surface area contributed by atoms with E-state index in [1.54, 1.807) is 12.1 Å². The molecule has 1 aromatic rings. The molecule has 2 rings (SSSR count). The van der Waals surface area contributed by atoms with Gasteiger partial charge in [0.1, 0.15) is 11.2 Å². The SMILES string of the molecule is O=C(O)C1(c2ccco2)CC1. The number of carbonyl (C=O) groups is 1. The molecule has 1 N–H and O–H groups in total. The molecule has 0 atom stereocenters. The maximum Gasteiger partial charge on any atom is 0.317 e. The Morgan fingerprint density at radius 3 is 2.73 bits per heavy atom. The molecule has 0 saturated heterocycles. The standard InChI is InChI=1S/C8H8O3/c9-7(10)8(3-4-8)6-2-1-5-11-6/h1-2,5H,3-4H2,(H,9,10). The second-order valence-electron chi connectivity index (χ2n) is 2.86. The zero-order valence-corrected chi connectivity index (χ0v) is 5.91. The summed E-state index contributed by atoms with van der Waals surface area (Å²) < 4.78 is 5.04. The summed E-state index contributed by atoms with van der Waals surface area (Å²) in [6.07, 6.45) is 2.92. The Hall–Kier alpha value is -1.25. The first-order valence-electron chi connectivity index (χ1n) is 3.53. The van der Waals surface area contributed by atoms with Crippen LogP contribution in [0.1, 0.15) is 18.6 Å². The molecular weight excluding hydrogens is 144 g/mol. The number of hydrogen-bond donors (Lipinski definition) is 1. The maximum absolute atomic E-state index is 10.7. The number of aliphatic carboxylic acids is 1. The normalized spacial score (nSPS) is 19.6. The van der Waals surface area contributed by atoms with E-state index in [1.165, 1.54) is 6.26 Å². The quantitative estimate of drug-likeness (QED) is 0.696. The molecule has 1 saturated carbocycles. The Morgan fingerprint density at radius 2 is 2.36 bits per heavy atom. The molecule has 1 fully saturated rings. The van der Waals surface area contributed by atoms with Gasteiger partial charge in [0.05, 0.1) is 6.26 Å². The average Bonchev–Trinajstić information content (AvgIpc) is 2.61. The first kappa shape index (κ1) is 6.46. The van der Waals surface area contributed by atoms with Crippen LogP contribution in [0.15, 0.2) is 22.8 Å². The van der Waals surface area contributed by atoms with Crippen LogP contribution in [0.5, 0.6) is 0 Å². The van der Waals surface area contributed by atoms with Crippen molar-refractivity contribution in [3.8, 4) is 0 Å². The Labute approximate surface area is 63.6 Å². The number of rotatable bonds is 2. The molecule has 1 aliphatic rings. The predicted octanol–water partition coefficient (Wildman–Crippen LogP) is 1.40. The van der Waals surface area contributed by atoms with Gasteiger partial charge in [-0.1, -0.05) is 0 Å². The topological polar surface area (TPSA) is 50.4 Å². The van der Waals surface area contributed by atoms with Crippen LogP contribution in [0, 0.1) is 0 Å². The van der Waals surface area contributed by atoms with Gasteiger partial charge in [-0.05, 0) is 25.0 Å². The monoisotopic (exact) mass is 152 g/mol. The predicted molar refractivity (Wildman–Crippen MR) is 37.3 cm³/mol. The van der Waals surface area contributed by atoms with Crippen molar-refractivity contribution in [1.29, 1.82) is 0 Å². The Kier molecular flexibility index (Phi) is 1.10. The van der Waals surface area contributed by atoms with Gasteiger partial charge in [0.2, 0.25) is 0 Å². The van der Waals surface area contributed by atoms with E-state index in [0.29, 0.717) is 18.6 Å². The van der Waals surface area contributed by atoms with E-state index in [1.807, 2.05) is 0 Å². The largest absolute Gasteiger partial charge is 0.480 e. The molecule has 3 heteroatoms. The molecule has 0 aromatic carbocycles. The molecule has 58 valence electrons. The lowest BCUT2D eigenvalue weighted by molar-refractivity contribution is -0.140. The smallest absolute Gasteiger partial charge is 0.317 e. The second-order valence-corrected chi connectivity index (χ2v) is 2.86. The highest BCUT2D eigenvalue weighted by Gasteiger charge is 2.54. The number of carboxylic acids is 1. The minimum Gasteiger partial charge on any atom is -0.480 e. The Balaban J connectivity index is 2.36. The highest BCUT2D eigenvalue weighted by Crippen LogP contribution is 2.48. The van der Waals surface area contributed by atoms with Crippen molar-refractivity contribution in [3.63, 3.8) is 0 Å². The lowest BCUT2D eigenvalue weighted by atomic mass is 10.1. The molecule has 1 aliphatic carbocycles. The Bertz CT molecular complexity index is 270. The van der Waals surface area contributed by atoms with Crippen molar-refractivity contribution in [2.24, 2.45) is 0 Å². The third-order valence-corrected chi connectivity index (χ3v) is 2.15.